The van der Waals surface area contributed by atoms with Crippen LogP contribution < -0.4 is 0 Å². The van der Waals surface area contributed by atoms with Gasteiger partial charge in [-0.1, -0.05) is 24.3 Å². The van der Waals surface area contributed by atoms with Gasteiger partial charge in [-0.25, -0.2) is 0 Å². The molecule has 1 aromatic rings. The molecule has 0 spiro atoms. The molecule has 0 amide bonds. The first-order valence-electron chi connectivity index (χ1n) is 4.74. The van der Waals surface area contributed by atoms with Crippen molar-refractivity contribution < 1.29 is 9.84 Å². The van der Waals surface area contributed by atoms with E-state index in [0.29, 0.717) is 6.54 Å². The van der Waals surface area contributed by atoms with Crippen LogP contribution in [0.2, 0.25) is 0 Å². The van der Waals surface area contributed by atoms with Gasteiger partial charge in [-0.05, 0) is 12.6 Å². The van der Waals surface area contributed by atoms with E-state index < -0.39 is 6.10 Å². The molecule has 14 heavy (non-hydrogen) atoms. The molecule has 1 aliphatic heterocycles. The molecule has 3 nitrogen and oxygen atoms in total. The maximum absolute atomic E-state index is 9.85. The zero-order valence-corrected chi connectivity index (χ0v) is 8.47. The summed E-state index contributed by atoms with van der Waals surface area (Å²) in [5.74, 6) is 0. The molecular formula is C11H15NO2. The average molecular weight is 193 g/mol. The molecule has 76 valence electrons. The second-order valence-corrected chi connectivity index (χ2v) is 3.67. The van der Waals surface area contributed by atoms with Crippen LogP contribution in [0, 0.1) is 0 Å². The number of rotatable bonds is 1. The minimum Gasteiger partial charge on any atom is -0.387 e. The lowest BCUT2D eigenvalue weighted by molar-refractivity contribution is -0.0543. The first kappa shape index (κ1) is 9.65. The highest BCUT2D eigenvalue weighted by molar-refractivity contribution is 5.33. The number of hydrogen-bond acceptors (Lipinski definition) is 3. The van der Waals surface area contributed by atoms with E-state index >= 15 is 0 Å². The molecule has 1 aliphatic rings. The Bertz CT molecular complexity index is 327. The first-order valence-corrected chi connectivity index (χ1v) is 4.74. The predicted molar refractivity (Wildman–Crippen MR) is 53.8 cm³/mol. The van der Waals surface area contributed by atoms with Crippen molar-refractivity contribution in [3.63, 3.8) is 0 Å². The van der Waals surface area contributed by atoms with E-state index in [-0.39, 0.29) is 6.23 Å². The lowest BCUT2D eigenvalue weighted by Gasteiger charge is -2.35. The molecule has 0 aliphatic carbocycles. The van der Waals surface area contributed by atoms with Crippen LogP contribution in [0.4, 0.5) is 0 Å². The van der Waals surface area contributed by atoms with Crippen LogP contribution in [0.5, 0.6) is 0 Å². The van der Waals surface area contributed by atoms with Gasteiger partial charge in [0.25, 0.3) is 0 Å². The summed E-state index contributed by atoms with van der Waals surface area (Å²) in [7, 11) is 3.64. The van der Waals surface area contributed by atoms with E-state index in [1.54, 1.807) is 7.11 Å². The summed E-state index contributed by atoms with van der Waals surface area (Å²) in [6.45, 7) is 0.621. The predicted octanol–water partition coefficient (Wildman–Crippen LogP) is 1.31. The third-order valence-electron chi connectivity index (χ3n) is 2.71. The highest BCUT2D eigenvalue weighted by atomic mass is 16.5. The van der Waals surface area contributed by atoms with Gasteiger partial charge >= 0.3 is 0 Å². The Hall–Kier alpha value is -0.900. The SMILES string of the molecule is COC1c2ccccc2C(O)CN1C. The summed E-state index contributed by atoms with van der Waals surface area (Å²) in [6.07, 6.45) is -0.433. The van der Waals surface area contributed by atoms with Crippen molar-refractivity contribution in [3.8, 4) is 0 Å². The number of hydrogen-bond donors (Lipinski definition) is 1. The quantitative estimate of drug-likeness (QED) is 0.730. The number of β-amino-alcohol motifs (C(OH)–C–C–N with tert-alkyl or cyclic N) is 1. The number of nitrogens with zero attached hydrogens (tertiary/aromatic N) is 1. The van der Waals surface area contributed by atoms with E-state index in [4.69, 9.17) is 4.74 Å². The van der Waals surface area contributed by atoms with Crippen LogP contribution in [-0.2, 0) is 4.74 Å². The van der Waals surface area contributed by atoms with E-state index in [2.05, 4.69) is 0 Å². The van der Waals surface area contributed by atoms with Gasteiger partial charge in [0.2, 0.25) is 0 Å². The van der Waals surface area contributed by atoms with Gasteiger partial charge in [0, 0.05) is 19.2 Å². The maximum Gasteiger partial charge on any atom is 0.136 e. The molecule has 0 saturated carbocycles. The van der Waals surface area contributed by atoms with Gasteiger partial charge in [0.1, 0.15) is 6.23 Å². The summed E-state index contributed by atoms with van der Waals surface area (Å²) in [6, 6.07) is 7.87. The molecule has 2 atom stereocenters. The zero-order chi connectivity index (χ0) is 10.1. The van der Waals surface area contributed by atoms with E-state index in [9.17, 15) is 5.11 Å². The molecule has 0 fully saturated rings. The zero-order valence-electron chi connectivity index (χ0n) is 8.47. The van der Waals surface area contributed by atoms with Gasteiger partial charge in [-0.3, -0.25) is 4.90 Å². The van der Waals surface area contributed by atoms with Crippen molar-refractivity contribution in [3.05, 3.63) is 35.4 Å². The molecule has 0 radical (unpaired) electrons. The number of benzene rings is 1. The Morgan fingerprint density at radius 3 is 2.64 bits per heavy atom. The summed E-state index contributed by atoms with van der Waals surface area (Å²) >= 11 is 0. The van der Waals surface area contributed by atoms with E-state index in [1.165, 1.54) is 0 Å². The Kier molecular flexibility index (Phi) is 2.54. The highest BCUT2D eigenvalue weighted by Gasteiger charge is 2.29. The van der Waals surface area contributed by atoms with Crippen molar-refractivity contribution in [1.82, 2.24) is 4.90 Å². The van der Waals surface area contributed by atoms with Crippen molar-refractivity contribution in [1.29, 1.82) is 0 Å². The second kappa shape index (κ2) is 3.69. The van der Waals surface area contributed by atoms with Gasteiger partial charge in [0.15, 0.2) is 0 Å². The average Bonchev–Trinajstić information content (AvgIpc) is 2.18. The van der Waals surface area contributed by atoms with E-state index in [1.807, 2.05) is 36.2 Å². The first-order chi connectivity index (χ1) is 6.74. The van der Waals surface area contributed by atoms with Crippen molar-refractivity contribution in [2.45, 2.75) is 12.3 Å². The van der Waals surface area contributed by atoms with Crippen LogP contribution in [0.1, 0.15) is 23.5 Å². The van der Waals surface area contributed by atoms with Crippen molar-refractivity contribution in [2.24, 2.45) is 0 Å². The minimum atomic E-state index is -0.400. The fraction of sp³-hybridized carbons (Fsp3) is 0.455. The van der Waals surface area contributed by atoms with Crippen LogP contribution in [-0.4, -0.2) is 30.7 Å². The number of likely N-dealkylation sites (N-methyl/N-ethyl adjacent to an activating group) is 1. The molecule has 2 rings (SSSR count). The molecule has 0 aromatic heterocycles. The minimum absolute atomic E-state index is 0.0328. The summed E-state index contributed by atoms with van der Waals surface area (Å²) in [4.78, 5) is 2.01. The number of methoxy groups -OCH3 is 1. The fourth-order valence-electron chi connectivity index (χ4n) is 2.05. The van der Waals surface area contributed by atoms with Crippen LogP contribution >= 0.6 is 0 Å². The van der Waals surface area contributed by atoms with Crippen molar-refractivity contribution >= 4 is 0 Å². The highest BCUT2D eigenvalue weighted by Crippen LogP contribution is 2.33. The van der Waals surface area contributed by atoms with Gasteiger partial charge in [0.05, 0.1) is 6.10 Å². The molecule has 1 aromatic carbocycles. The lowest BCUT2D eigenvalue weighted by Crippen LogP contribution is -2.35. The normalized spacial score (nSPS) is 27.4. The molecule has 2 unspecified atom stereocenters. The van der Waals surface area contributed by atoms with Gasteiger partial charge in [-0.15, -0.1) is 0 Å². The molecule has 0 saturated heterocycles. The number of fused-ring (bicyclic) bond motifs is 1. The van der Waals surface area contributed by atoms with E-state index in [0.717, 1.165) is 11.1 Å². The lowest BCUT2D eigenvalue weighted by atomic mass is 9.96. The maximum atomic E-state index is 9.85. The number of aliphatic hydroxyl groups excluding tert-OH is 1. The fourth-order valence-corrected chi connectivity index (χ4v) is 2.05. The van der Waals surface area contributed by atoms with Crippen LogP contribution in [0.3, 0.4) is 0 Å². The number of aliphatic hydroxyl groups is 1. The Morgan fingerprint density at radius 1 is 1.36 bits per heavy atom. The van der Waals surface area contributed by atoms with Crippen LogP contribution in [0.15, 0.2) is 24.3 Å². The standard InChI is InChI=1S/C11H15NO2/c1-12-7-10(13)8-5-3-4-6-9(8)11(12)14-2/h3-6,10-11,13H,7H2,1-2H3. The summed E-state index contributed by atoms with van der Waals surface area (Å²) in [5.41, 5.74) is 2.05. The summed E-state index contributed by atoms with van der Waals surface area (Å²) in [5, 5.41) is 9.85. The smallest absolute Gasteiger partial charge is 0.136 e. The summed E-state index contributed by atoms with van der Waals surface area (Å²) < 4.78 is 5.39. The molecule has 1 N–H and O–H groups in total. The Labute approximate surface area is 83.9 Å². The van der Waals surface area contributed by atoms with Crippen molar-refractivity contribution in [2.75, 3.05) is 20.7 Å². The van der Waals surface area contributed by atoms with Crippen LogP contribution in [0.25, 0.3) is 0 Å². The second-order valence-electron chi connectivity index (χ2n) is 3.67. The topological polar surface area (TPSA) is 32.7 Å². The Morgan fingerprint density at radius 2 is 2.00 bits per heavy atom. The molecule has 3 heteroatoms. The number of ether oxygens (including phenoxy) is 1. The molecular weight excluding hydrogens is 178 g/mol. The Balaban J connectivity index is 2.45. The molecule has 0 bridgehead atoms. The van der Waals surface area contributed by atoms with Gasteiger partial charge < -0.3 is 9.84 Å². The monoisotopic (exact) mass is 193 g/mol. The largest absolute Gasteiger partial charge is 0.387 e. The third kappa shape index (κ3) is 1.43. The van der Waals surface area contributed by atoms with Gasteiger partial charge in [-0.2, -0.15) is 0 Å². The molecule has 1 heterocycles. The third-order valence-corrected chi connectivity index (χ3v) is 2.71.